The number of hydrogen-bond donors (Lipinski definition) is 1. The van der Waals surface area contributed by atoms with Gasteiger partial charge in [-0.1, -0.05) is 19.1 Å². The minimum absolute atomic E-state index is 0.0891. The SMILES string of the molecule is CCc1cccnc1CNC(C)c1ccc(F)c(OC)c1. The van der Waals surface area contributed by atoms with Gasteiger partial charge in [0.05, 0.1) is 12.8 Å². The fourth-order valence-corrected chi connectivity index (χ4v) is 2.27. The molecule has 0 saturated carbocycles. The molecule has 0 fully saturated rings. The molecule has 112 valence electrons. The van der Waals surface area contributed by atoms with E-state index in [4.69, 9.17) is 4.74 Å². The van der Waals surface area contributed by atoms with Crippen LogP contribution in [0.2, 0.25) is 0 Å². The Bertz CT molecular complexity index is 601. The minimum atomic E-state index is -0.341. The molecule has 0 aliphatic rings. The lowest BCUT2D eigenvalue weighted by molar-refractivity contribution is 0.385. The van der Waals surface area contributed by atoms with Crippen LogP contribution in [-0.2, 0) is 13.0 Å². The predicted molar refractivity (Wildman–Crippen MR) is 81.8 cm³/mol. The number of aryl methyl sites for hydroxylation is 1. The van der Waals surface area contributed by atoms with Gasteiger partial charge in [0, 0.05) is 18.8 Å². The maximum absolute atomic E-state index is 13.4. The molecular weight excluding hydrogens is 267 g/mol. The standard InChI is InChI=1S/C17H21FN2O/c1-4-13-6-5-9-19-16(13)11-20-12(2)14-7-8-15(18)17(10-14)21-3/h5-10,12,20H,4,11H2,1-3H3. The highest BCUT2D eigenvalue weighted by Gasteiger charge is 2.10. The molecule has 0 amide bonds. The van der Waals surface area contributed by atoms with Gasteiger partial charge in [-0.3, -0.25) is 4.98 Å². The van der Waals surface area contributed by atoms with Gasteiger partial charge < -0.3 is 10.1 Å². The molecule has 1 aromatic heterocycles. The van der Waals surface area contributed by atoms with Crippen LogP contribution in [-0.4, -0.2) is 12.1 Å². The molecular formula is C17H21FN2O. The molecule has 2 aromatic rings. The van der Waals surface area contributed by atoms with Gasteiger partial charge in [0.1, 0.15) is 0 Å². The third-order valence-electron chi connectivity index (χ3n) is 3.62. The molecule has 1 atom stereocenters. The van der Waals surface area contributed by atoms with Crippen molar-refractivity contribution in [1.29, 1.82) is 0 Å². The lowest BCUT2D eigenvalue weighted by Gasteiger charge is -2.16. The molecule has 21 heavy (non-hydrogen) atoms. The number of ether oxygens (including phenoxy) is 1. The van der Waals surface area contributed by atoms with Gasteiger partial charge in [0.15, 0.2) is 11.6 Å². The summed E-state index contributed by atoms with van der Waals surface area (Å²) >= 11 is 0. The lowest BCUT2D eigenvalue weighted by Crippen LogP contribution is -2.19. The number of pyridine rings is 1. The van der Waals surface area contributed by atoms with Crippen molar-refractivity contribution in [2.75, 3.05) is 7.11 Å². The highest BCUT2D eigenvalue weighted by atomic mass is 19.1. The van der Waals surface area contributed by atoms with Crippen molar-refractivity contribution in [2.24, 2.45) is 0 Å². The number of aromatic nitrogens is 1. The van der Waals surface area contributed by atoms with Gasteiger partial charge in [-0.15, -0.1) is 0 Å². The Morgan fingerprint density at radius 2 is 2.14 bits per heavy atom. The first-order chi connectivity index (χ1) is 10.2. The normalized spacial score (nSPS) is 12.2. The first kappa shape index (κ1) is 15.4. The van der Waals surface area contributed by atoms with Gasteiger partial charge in [-0.25, -0.2) is 4.39 Å². The summed E-state index contributed by atoms with van der Waals surface area (Å²) in [7, 11) is 1.47. The summed E-state index contributed by atoms with van der Waals surface area (Å²) in [4.78, 5) is 4.42. The van der Waals surface area contributed by atoms with Crippen LogP contribution >= 0.6 is 0 Å². The van der Waals surface area contributed by atoms with Gasteiger partial charge in [0.25, 0.3) is 0 Å². The smallest absolute Gasteiger partial charge is 0.165 e. The van der Waals surface area contributed by atoms with Gasteiger partial charge in [-0.2, -0.15) is 0 Å². The Kier molecular flexibility index (Phi) is 5.28. The quantitative estimate of drug-likeness (QED) is 0.881. The van der Waals surface area contributed by atoms with E-state index in [-0.39, 0.29) is 17.6 Å². The van der Waals surface area contributed by atoms with E-state index in [0.717, 1.165) is 17.7 Å². The fourth-order valence-electron chi connectivity index (χ4n) is 2.27. The van der Waals surface area contributed by atoms with Crippen molar-refractivity contribution in [3.05, 3.63) is 59.2 Å². The van der Waals surface area contributed by atoms with Crippen LogP contribution in [0.4, 0.5) is 4.39 Å². The second-order valence-corrected chi connectivity index (χ2v) is 4.96. The second kappa shape index (κ2) is 7.18. The minimum Gasteiger partial charge on any atom is -0.494 e. The number of rotatable bonds is 6. The average molecular weight is 288 g/mol. The van der Waals surface area contributed by atoms with E-state index < -0.39 is 0 Å². The zero-order valence-corrected chi connectivity index (χ0v) is 12.7. The molecule has 1 unspecified atom stereocenters. The Balaban J connectivity index is 2.06. The summed E-state index contributed by atoms with van der Waals surface area (Å²) in [5.74, 6) is -0.0697. The number of halogens is 1. The molecule has 0 radical (unpaired) electrons. The zero-order valence-electron chi connectivity index (χ0n) is 12.7. The highest BCUT2D eigenvalue weighted by molar-refractivity contribution is 5.32. The molecule has 1 N–H and O–H groups in total. The van der Waals surface area contributed by atoms with Crippen molar-refractivity contribution >= 4 is 0 Å². The number of nitrogens with zero attached hydrogens (tertiary/aromatic N) is 1. The fraction of sp³-hybridized carbons (Fsp3) is 0.353. The number of benzene rings is 1. The Hall–Kier alpha value is -1.94. The topological polar surface area (TPSA) is 34.2 Å². The zero-order chi connectivity index (χ0) is 15.2. The largest absolute Gasteiger partial charge is 0.494 e. The molecule has 0 spiro atoms. The molecule has 1 aromatic carbocycles. The van der Waals surface area contributed by atoms with E-state index in [9.17, 15) is 4.39 Å². The summed E-state index contributed by atoms with van der Waals surface area (Å²) in [5, 5.41) is 3.42. The Morgan fingerprint density at radius 3 is 2.86 bits per heavy atom. The Morgan fingerprint density at radius 1 is 1.33 bits per heavy atom. The third kappa shape index (κ3) is 3.79. The number of hydrogen-bond acceptors (Lipinski definition) is 3. The van der Waals surface area contributed by atoms with Gasteiger partial charge >= 0.3 is 0 Å². The summed E-state index contributed by atoms with van der Waals surface area (Å²) < 4.78 is 18.4. The van der Waals surface area contributed by atoms with E-state index in [1.807, 2.05) is 19.2 Å². The van der Waals surface area contributed by atoms with E-state index in [2.05, 4.69) is 23.3 Å². The number of nitrogens with one attached hydrogen (secondary N) is 1. The first-order valence-corrected chi connectivity index (χ1v) is 7.15. The molecule has 4 heteroatoms. The van der Waals surface area contributed by atoms with Crippen LogP contribution in [0.1, 0.15) is 36.7 Å². The molecule has 1 heterocycles. The second-order valence-electron chi connectivity index (χ2n) is 4.96. The molecule has 0 aliphatic carbocycles. The van der Waals surface area contributed by atoms with Crippen molar-refractivity contribution in [2.45, 2.75) is 32.9 Å². The van der Waals surface area contributed by atoms with Crippen LogP contribution in [0.5, 0.6) is 5.75 Å². The summed E-state index contributed by atoms with van der Waals surface area (Å²) in [5.41, 5.74) is 3.29. The maximum atomic E-state index is 13.4. The van der Waals surface area contributed by atoms with Crippen molar-refractivity contribution in [1.82, 2.24) is 10.3 Å². The Labute approximate surface area is 125 Å². The van der Waals surface area contributed by atoms with Crippen molar-refractivity contribution < 1.29 is 9.13 Å². The monoisotopic (exact) mass is 288 g/mol. The molecule has 0 aliphatic heterocycles. The van der Waals surface area contributed by atoms with Crippen molar-refractivity contribution in [3.63, 3.8) is 0 Å². The van der Waals surface area contributed by atoms with E-state index in [0.29, 0.717) is 6.54 Å². The van der Waals surface area contributed by atoms with Gasteiger partial charge in [-0.05, 0) is 42.7 Å². The van der Waals surface area contributed by atoms with E-state index >= 15 is 0 Å². The summed E-state index contributed by atoms with van der Waals surface area (Å²) in [6, 6.07) is 9.07. The predicted octanol–water partition coefficient (Wildman–Crippen LogP) is 3.64. The first-order valence-electron chi connectivity index (χ1n) is 7.15. The molecule has 3 nitrogen and oxygen atoms in total. The summed E-state index contributed by atoms with van der Waals surface area (Å²) in [6.45, 7) is 4.85. The van der Waals surface area contributed by atoms with Crippen molar-refractivity contribution in [3.8, 4) is 5.75 Å². The van der Waals surface area contributed by atoms with Crippen LogP contribution in [0, 0.1) is 5.82 Å². The average Bonchev–Trinajstić information content (AvgIpc) is 2.53. The lowest BCUT2D eigenvalue weighted by atomic mass is 10.1. The van der Waals surface area contributed by atoms with Crippen LogP contribution in [0.25, 0.3) is 0 Å². The summed E-state index contributed by atoms with van der Waals surface area (Å²) in [6.07, 6.45) is 2.77. The molecule has 2 rings (SSSR count). The van der Waals surface area contributed by atoms with Crippen LogP contribution < -0.4 is 10.1 Å². The van der Waals surface area contributed by atoms with Crippen LogP contribution in [0.15, 0.2) is 36.5 Å². The number of methoxy groups -OCH3 is 1. The van der Waals surface area contributed by atoms with Crippen LogP contribution in [0.3, 0.4) is 0 Å². The molecule has 0 saturated heterocycles. The van der Waals surface area contributed by atoms with Gasteiger partial charge in [0.2, 0.25) is 0 Å². The van der Waals surface area contributed by atoms with E-state index in [1.54, 1.807) is 12.1 Å². The molecule has 0 bridgehead atoms. The third-order valence-corrected chi connectivity index (χ3v) is 3.62. The maximum Gasteiger partial charge on any atom is 0.165 e. The highest BCUT2D eigenvalue weighted by Crippen LogP contribution is 2.22. The van der Waals surface area contributed by atoms with E-state index in [1.165, 1.54) is 18.7 Å².